The molecular weight excluding hydrogens is 194 g/mol. The number of rotatable bonds is 3. The molecule has 0 bridgehead atoms. The Morgan fingerprint density at radius 1 is 1.67 bits per heavy atom. The molecule has 82 valence electrons. The summed E-state index contributed by atoms with van der Waals surface area (Å²) in [5, 5.41) is 0. The van der Waals surface area contributed by atoms with Crippen LogP contribution in [0.1, 0.15) is 36.1 Å². The van der Waals surface area contributed by atoms with Gasteiger partial charge in [-0.2, -0.15) is 0 Å². The second kappa shape index (κ2) is 4.57. The molecule has 1 atom stereocenters. The summed E-state index contributed by atoms with van der Waals surface area (Å²) in [6.07, 6.45) is 4.46. The molecule has 0 amide bonds. The maximum Gasteiger partial charge on any atom is 0.195 e. The highest BCUT2D eigenvalue weighted by Gasteiger charge is 2.17. The normalized spacial score (nSPS) is 21.5. The number of Topliss-reactive ketones (excluding diaryl/α,β-unsaturated/α-hetero) is 1. The molecule has 4 nitrogen and oxygen atoms in total. The van der Waals surface area contributed by atoms with Gasteiger partial charge < -0.3 is 9.15 Å². The quantitative estimate of drug-likeness (QED) is 0.713. The van der Waals surface area contributed by atoms with Crippen LogP contribution in [0.25, 0.3) is 0 Å². The lowest BCUT2D eigenvalue weighted by atomic mass is 9.99. The second-order valence-corrected chi connectivity index (χ2v) is 3.97. The van der Waals surface area contributed by atoms with Gasteiger partial charge in [-0.05, 0) is 18.8 Å². The van der Waals surface area contributed by atoms with Crippen LogP contribution in [0, 0.1) is 5.92 Å². The van der Waals surface area contributed by atoms with E-state index >= 15 is 0 Å². The van der Waals surface area contributed by atoms with Crippen LogP contribution in [-0.4, -0.2) is 24.0 Å². The van der Waals surface area contributed by atoms with E-state index in [1.165, 1.54) is 13.2 Å². The first-order valence-corrected chi connectivity index (χ1v) is 5.29. The Morgan fingerprint density at radius 2 is 2.53 bits per heavy atom. The minimum absolute atomic E-state index is 0.0510. The Balaban J connectivity index is 1.94. The molecule has 1 aliphatic rings. The van der Waals surface area contributed by atoms with E-state index < -0.39 is 0 Å². The molecule has 15 heavy (non-hydrogen) atoms. The van der Waals surface area contributed by atoms with Crippen LogP contribution in [-0.2, 0) is 11.2 Å². The van der Waals surface area contributed by atoms with Crippen molar-refractivity contribution in [3.8, 4) is 0 Å². The average molecular weight is 209 g/mol. The summed E-state index contributed by atoms with van der Waals surface area (Å²) < 4.78 is 10.6. The number of aromatic nitrogens is 1. The Morgan fingerprint density at radius 3 is 3.13 bits per heavy atom. The standard InChI is InChI=1S/C11H15NO3/c1-8(13)10-7-15-11(12-10)5-9-3-2-4-14-6-9/h7,9H,2-6H2,1H3. The maximum atomic E-state index is 11.0. The predicted molar refractivity (Wildman–Crippen MR) is 53.8 cm³/mol. The molecule has 1 aliphatic heterocycles. The zero-order valence-electron chi connectivity index (χ0n) is 8.86. The summed E-state index contributed by atoms with van der Waals surface area (Å²) in [7, 11) is 0. The van der Waals surface area contributed by atoms with E-state index in [2.05, 4.69) is 4.98 Å². The summed E-state index contributed by atoms with van der Waals surface area (Å²) >= 11 is 0. The van der Waals surface area contributed by atoms with Crippen molar-refractivity contribution in [3.63, 3.8) is 0 Å². The molecule has 0 saturated carbocycles. The molecule has 1 saturated heterocycles. The highest BCUT2D eigenvalue weighted by Crippen LogP contribution is 2.18. The molecule has 2 rings (SSSR count). The number of nitrogens with zero attached hydrogens (tertiary/aromatic N) is 1. The number of carbonyl (C=O) groups is 1. The van der Waals surface area contributed by atoms with Gasteiger partial charge in [0.25, 0.3) is 0 Å². The second-order valence-electron chi connectivity index (χ2n) is 3.97. The van der Waals surface area contributed by atoms with Crippen molar-refractivity contribution < 1.29 is 13.9 Å². The number of ketones is 1. The first kappa shape index (κ1) is 10.4. The third-order valence-corrected chi connectivity index (χ3v) is 2.63. The molecule has 0 aliphatic carbocycles. The van der Waals surface area contributed by atoms with Crippen molar-refractivity contribution in [1.29, 1.82) is 0 Å². The molecule has 0 spiro atoms. The lowest BCUT2D eigenvalue weighted by molar-refractivity contribution is 0.0526. The zero-order valence-corrected chi connectivity index (χ0v) is 8.86. The predicted octanol–water partition coefficient (Wildman–Crippen LogP) is 1.85. The topological polar surface area (TPSA) is 52.3 Å². The van der Waals surface area contributed by atoms with E-state index in [4.69, 9.17) is 9.15 Å². The van der Waals surface area contributed by atoms with Gasteiger partial charge in [-0.15, -0.1) is 0 Å². The highest BCUT2D eigenvalue weighted by atomic mass is 16.5. The Hall–Kier alpha value is -1.16. The summed E-state index contributed by atoms with van der Waals surface area (Å²) in [6, 6.07) is 0. The van der Waals surface area contributed by atoms with Crippen LogP contribution in [0.15, 0.2) is 10.7 Å². The van der Waals surface area contributed by atoms with Gasteiger partial charge in [0.05, 0.1) is 0 Å². The summed E-state index contributed by atoms with van der Waals surface area (Å²) in [6.45, 7) is 3.13. The molecule has 0 aromatic carbocycles. The molecule has 1 fully saturated rings. The number of hydrogen-bond acceptors (Lipinski definition) is 4. The van der Waals surface area contributed by atoms with Crippen LogP contribution in [0.3, 0.4) is 0 Å². The Kier molecular flexibility index (Phi) is 3.16. The van der Waals surface area contributed by atoms with Gasteiger partial charge in [-0.3, -0.25) is 4.79 Å². The van der Waals surface area contributed by atoms with Gasteiger partial charge in [0, 0.05) is 26.6 Å². The van der Waals surface area contributed by atoms with E-state index in [1.807, 2.05) is 0 Å². The van der Waals surface area contributed by atoms with Crippen molar-refractivity contribution in [2.24, 2.45) is 5.92 Å². The van der Waals surface area contributed by atoms with Gasteiger partial charge in [0.2, 0.25) is 0 Å². The van der Waals surface area contributed by atoms with E-state index in [0.717, 1.165) is 32.5 Å². The van der Waals surface area contributed by atoms with Gasteiger partial charge in [-0.1, -0.05) is 0 Å². The van der Waals surface area contributed by atoms with Crippen LogP contribution in [0.5, 0.6) is 0 Å². The van der Waals surface area contributed by atoms with Crippen LogP contribution >= 0.6 is 0 Å². The number of hydrogen-bond donors (Lipinski definition) is 0. The fourth-order valence-corrected chi connectivity index (χ4v) is 1.78. The molecule has 4 heteroatoms. The molecule has 0 N–H and O–H groups in total. The van der Waals surface area contributed by atoms with Crippen molar-refractivity contribution >= 4 is 5.78 Å². The third kappa shape index (κ3) is 2.65. The Labute approximate surface area is 88.6 Å². The molecule has 1 unspecified atom stereocenters. The number of carbonyl (C=O) groups excluding carboxylic acids is 1. The van der Waals surface area contributed by atoms with E-state index in [0.29, 0.717) is 17.5 Å². The molecular formula is C11H15NO3. The lowest BCUT2D eigenvalue weighted by Gasteiger charge is -2.20. The van der Waals surface area contributed by atoms with Gasteiger partial charge in [-0.25, -0.2) is 4.98 Å². The highest BCUT2D eigenvalue weighted by molar-refractivity contribution is 5.91. The largest absolute Gasteiger partial charge is 0.448 e. The van der Waals surface area contributed by atoms with Crippen LogP contribution in [0.4, 0.5) is 0 Å². The van der Waals surface area contributed by atoms with E-state index in [-0.39, 0.29) is 5.78 Å². The summed E-state index contributed by atoms with van der Waals surface area (Å²) in [5.74, 6) is 1.08. The molecule has 2 heterocycles. The minimum atomic E-state index is -0.0510. The first-order valence-electron chi connectivity index (χ1n) is 5.29. The number of ether oxygens (including phenoxy) is 1. The van der Waals surface area contributed by atoms with Crippen molar-refractivity contribution in [1.82, 2.24) is 4.98 Å². The maximum absolute atomic E-state index is 11.0. The fraction of sp³-hybridized carbons (Fsp3) is 0.636. The van der Waals surface area contributed by atoms with Crippen LogP contribution in [0.2, 0.25) is 0 Å². The van der Waals surface area contributed by atoms with Crippen molar-refractivity contribution in [3.05, 3.63) is 17.8 Å². The summed E-state index contributed by atoms with van der Waals surface area (Å²) in [5.41, 5.74) is 0.418. The van der Waals surface area contributed by atoms with Gasteiger partial charge in [0.1, 0.15) is 12.0 Å². The van der Waals surface area contributed by atoms with Crippen LogP contribution < -0.4 is 0 Å². The monoisotopic (exact) mass is 209 g/mol. The zero-order chi connectivity index (χ0) is 10.7. The fourth-order valence-electron chi connectivity index (χ4n) is 1.78. The lowest BCUT2D eigenvalue weighted by Crippen LogP contribution is -2.19. The van der Waals surface area contributed by atoms with Gasteiger partial charge in [0.15, 0.2) is 11.7 Å². The molecule has 0 radical (unpaired) electrons. The molecule has 1 aromatic heterocycles. The summed E-state index contributed by atoms with van der Waals surface area (Å²) in [4.78, 5) is 15.1. The van der Waals surface area contributed by atoms with Crippen molar-refractivity contribution in [2.75, 3.05) is 13.2 Å². The minimum Gasteiger partial charge on any atom is -0.448 e. The average Bonchev–Trinajstić information content (AvgIpc) is 2.68. The first-order chi connectivity index (χ1) is 7.25. The van der Waals surface area contributed by atoms with E-state index in [9.17, 15) is 4.79 Å². The third-order valence-electron chi connectivity index (χ3n) is 2.63. The molecule has 1 aromatic rings. The Bertz CT molecular complexity index is 339. The SMILES string of the molecule is CC(=O)c1coc(CC2CCCOC2)n1. The van der Waals surface area contributed by atoms with Crippen molar-refractivity contribution in [2.45, 2.75) is 26.2 Å². The van der Waals surface area contributed by atoms with E-state index in [1.54, 1.807) is 0 Å². The number of oxazole rings is 1. The van der Waals surface area contributed by atoms with Gasteiger partial charge >= 0.3 is 0 Å². The smallest absolute Gasteiger partial charge is 0.195 e.